The summed E-state index contributed by atoms with van der Waals surface area (Å²) in [6.45, 7) is 9.18. The fraction of sp³-hybridized carbons (Fsp3) is 0.679. The average molecular weight is 789 g/mol. The minimum absolute atomic E-state index is 0.892. The maximum absolute atomic E-state index is 5.54. The zero-order chi connectivity index (χ0) is 41.4. The Labute approximate surface area is 360 Å². The fourth-order valence-electron chi connectivity index (χ4n) is 7.72. The highest BCUT2D eigenvalue weighted by Crippen LogP contribution is 2.26. The molecule has 2 aromatic rings. The first-order chi connectivity index (χ1) is 28.7. The number of unbranched alkanes of at least 4 members (excludes halogenated alkanes) is 24. The lowest BCUT2D eigenvalue weighted by molar-refractivity contribution is 0.579. The Morgan fingerprint density at radius 3 is 1.02 bits per heavy atom. The summed E-state index contributed by atoms with van der Waals surface area (Å²) < 4.78 is 0. The third-order valence-corrected chi connectivity index (χ3v) is 11.5. The summed E-state index contributed by atoms with van der Waals surface area (Å²) in [6.07, 6.45) is 41.9. The van der Waals surface area contributed by atoms with Gasteiger partial charge in [-0.2, -0.15) is 0 Å². The normalized spacial score (nSPS) is 11.7. The standard InChI is InChI=1S/C56H88N2/c1-5-9-13-17-20-22-24-26-28-30-32-35-43-51-45-39-41-47-53(51)57-55(49-37-16-12-8-4)56(50-38-34-19-15-11-7-3)58-54-48-42-40-46-52(54)44-36-33-31-29-27-25-23-21-18-14-10-6-2/h39-42,45-48H,5-29,34-38,43-44,49-50H2,1-4H3. The first-order valence-corrected chi connectivity index (χ1v) is 25.0. The average Bonchev–Trinajstić information content (AvgIpc) is 3.24. The molecule has 0 aliphatic rings. The Balaban J connectivity index is 2.20. The van der Waals surface area contributed by atoms with Crippen LogP contribution >= 0.6 is 0 Å². The van der Waals surface area contributed by atoms with Crippen molar-refractivity contribution in [3.05, 3.63) is 59.7 Å². The van der Waals surface area contributed by atoms with Crippen LogP contribution in [-0.2, 0) is 12.8 Å². The number of aliphatic imine (C=N–C) groups is 2. The maximum Gasteiger partial charge on any atom is 0.0666 e. The van der Waals surface area contributed by atoms with Gasteiger partial charge in [-0.1, -0.05) is 205 Å². The van der Waals surface area contributed by atoms with Gasteiger partial charge in [-0.25, -0.2) is 0 Å². The molecule has 2 rings (SSSR count). The van der Waals surface area contributed by atoms with Crippen LogP contribution in [0.2, 0.25) is 0 Å². The highest BCUT2D eigenvalue weighted by molar-refractivity contribution is 6.43. The Kier molecular flexibility index (Phi) is 33.6. The van der Waals surface area contributed by atoms with Crippen molar-refractivity contribution in [3.8, 4) is 23.7 Å². The number of para-hydroxylation sites is 2. The van der Waals surface area contributed by atoms with Crippen molar-refractivity contribution in [3.63, 3.8) is 0 Å². The zero-order valence-corrected chi connectivity index (χ0v) is 38.6. The number of benzene rings is 2. The van der Waals surface area contributed by atoms with Crippen LogP contribution in [0.4, 0.5) is 11.4 Å². The van der Waals surface area contributed by atoms with E-state index >= 15 is 0 Å². The summed E-state index contributed by atoms with van der Waals surface area (Å²) in [5, 5.41) is 0. The second-order valence-electron chi connectivity index (χ2n) is 16.9. The van der Waals surface area contributed by atoms with E-state index in [1.54, 1.807) is 0 Å². The van der Waals surface area contributed by atoms with Crippen molar-refractivity contribution >= 4 is 22.8 Å². The molecule has 0 atom stereocenters. The lowest BCUT2D eigenvalue weighted by Crippen LogP contribution is -2.15. The second kappa shape index (κ2) is 38.1. The second-order valence-corrected chi connectivity index (χ2v) is 16.9. The largest absolute Gasteiger partial charge is 0.251 e. The minimum atomic E-state index is 0.892. The Hall–Kier alpha value is -3.10. The molecule has 58 heavy (non-hydrogen) atoms. The van der Waals surface area contributed by atoms with Crippen LogP contribution < -0.4 is 0 Å². The highest BCUT2D eigenvalue weighted by Gasteiger charge is 2.13. The molecule has 0 aliphatic carbocycles. The van der Waals surface area contributed by atoms with Gasteiger partial charge in [0.15, 0.2) is 0 Å². The van der Waals surface area contributed by atoms with Gasteiger partial charge in [0, 0.05) is 25.7 Å². The van der Waals surface area contributed by atoms with E-state index in [4.69, 9.17) is 9.98 Å². The van der Waals surface area contributed by atoms with Crippen LogP contribution in [0.3, 0.4) is 0 Å². The minimum Gasteiger partial charge on any atom is -0.251 e. The SMILES string of the molecule is CCCCCCCCCCC#CCCc1ccccc1N=C(CCCCCC)C(CCCCCCCC)=Nc1ccccc1CCC#CCCCCCCCCCC. The van der Waals surface area contributed by atoms with E-state index in [9.17, 15) is 0 Å². The van der Waals surface area contributed by atoms with Gasteiger partial charge in [-0.3, -0.25) is 9.98 Å². The van der Waals surface area contributed by atoms with Crippen molar-refractivity contribution < 1.29 is 0 Å². The number of nitrogens with zero attached hydrogens (tertiary/aromatic N) is 2. The molecule has 0 bridgehead atoms. The summed E-state index contributed by atoms with van der Waals surface area (Å²) in [7, 11) is 0. The fourth-order valence-corrected chi connectivity index (χ4v) is 7.72. The van der Waals surface area contributed by atoms with Crippen LogP contribution in [0.25, 0.3) is 0 Å². The zero-order valence-electron chi connectivity index (χ0n) is 38.6. The molecule has 0 aromatic heterocycles. The van der Waals surface area contributed by atoms with Gasteiger partial charge in [0.25, 0.3) is 0 Å². The quantitative estimate of drug-likeness (QED) is 0.0378. The van der Waals surface area contributed by atoms with Crippen LogP contribution in [0.1, 0.15) is 244 Å². The molecule has 0 heterocycles. The molecule has 0 amide bonds. The third-order valence-electron chi connectivity index (χ3n) is 11.5. The molecule has 0 unspecified atom stereocenters. The van der Waals surface area contributed by atoms with Crippen molar-refractivity contribution in [1.82, 2.24) is 0 Å². The topological polar surface area (TPSA) is 24.7 Å². The van der Waals surface area contributed by atoms with Gasteiger partial charge in [0.1, 0.15) is 0 Å². The van der Waals surface area contributed by atoms with E-state index in [0.717, 1.165) is 69.2 Å². The maximum atomic E-state index is 5.54. The van der Waals surface area contributed by atoms with Crippen LogP contribution in [0, 0.1) is 23.7 Å². The molecule has 2 aromatic carbocycles. The van der Waals surface area contributed by atoms with Crippen molar-refractivity contribution in [1.29, 1.82) is 0 Å². The number of rotatable bonds is 35. The van der Waals surface area contributed by atoms with Gasteiger partial charge < -0.3 is 0 Å². The number of aryl methyl sites for hydroxylation is 2. The van der Waals surface area contributed by atoms with E-state index in [2.05, 4.69) is 99.9 Å². The molecule has 0 spiro atoms. The van der Waals surface area contributed by atoms with Gasteiger partial charge in [-0.15, -0.1) is 23.7 Å². The first-order valence-electron chi connectivity index (χ1n) is 25.0. The van der Waals surface area contributed by atoms with Crippen LogP contribution in [0.15, 0.2) is 58.5 Å². The Morgan fingerprint density at radius 2 is 0.638 bits per heavy atom. The third kappa shape index (κ3) is 26.8. The molecule has 322 valence electrons. The molecule has 0 aliphatic heterocycles. The molecule has 0 saturated heterocycles. The molecule has 0 radical (unpaired) electrons. The smallest absolute Gasteiger partial charge is 0.0666 e. The van der Waals surface area contributed by atoms with Gasteiger partial charge in [0.05, 0.1) is 22.8 Å². The van der Waals surface area contributed by atoms with Crippen molar-refractivity contribution in [2.75, 3.05) is 0 Å². The number of hydrogen-bond acceptors (Lipinski definition) is 2. The van der Waals surface area contributed by atoms with Gasteiger partial charge >= 0.3 is 0 Å². The molecule has 0 saturated carbocycles. The summed E-state index contributed by atoms with van der Waals surface area (Å²) in [6, 6.07) is 17.6. The molecule has 2 heteroatoms. The molecule has 0 N–H and O–H groups in total. The predicted molar refractivity (Wildman–Crippen MR) is 260 cm³/mol. The molecular formula is C56H88N2. The monoisotopic (exact) mass is 789 g/mol. The predicted octanol–water partition coefficient (Wildman–Crippen LogP) is 18.2. The summed E-state index contributed by atoms with van der Waals surface area (Å²) in [5.41, 5.74) is 7.21. The van der Waals surface area contributed by atoms with E-state index in [1.165, 1.54) is 183 Å². The first kappa shape index (κ1) is 51.0. The van der Waals surface area contributed by atoms with Crippen molar-refractivity contribution in [2.24, 2.45) is 9.98 Å². The lowest BCUT2D eigenvalue weighted by atomic mass is 9.99. The Morgan fingerprint density at radius 1 is 0.345 bits per heavy atom. The number of hydrogen-bond donors (Lipinski definition) is 0. The highest BCUT2D eigenvalue weighted by atomic mass is 14.8. The molecular weight excluding hydrogens is 701 g/mol. The Bertz CT molecular complexity index is 1460. The van der Waals surface area contributed by atoms with Gasteiger partial charge in [-0.05, 0) is 74.6 Å². The molecule has 2 nitrogen and oxygen atoms in total. The molecule has 0 fully saturated rings. The van der Waals surface area contributed by atoms with E-state index in [1.807, 2.05) is 0 Å². The summed E-state index contributed by atoms with van der Waals surface area (Å²) >= 11 is 0. The van der Waals surface area contributed by atoms with E-state index < -0.39 is 0 Å². The van der Waals surface area contributed by atoms with Crippen LogP contribution in [0.5, 0.6) is 0 Å². The van der Waals surface area contributed by atoms with E-state index in [-0.39, 0.29) is 0 Å². The van der Waals surface area contributed by atoms with E-state index in [0.29, 0.717) is 0 Å². The van der Waals surface area contributed by atoms with Gasteiger partial charge in [0.2, 0.25) is 0 Å². The summed E-state index contributed by atoms with van der Waals surface area (Å²) in [5.74, 6) is 14.0. The van der Waals surface area contributed by atoms with Crippen molar-refractivity contribution in [2.45, 2.75) is 246 Å². The summed E-state index contributed by atoms with van der Waals surface area (Å²) in [4.78, 5) is 11.1. The lowest BCUT2D eigenvalue weighted by Gasteiger charge is -2.14. The van der Waals surface area contributed by atoms with Crippen LogP contribution in [-0.4, -0.2) is 11.4 Å².